The van der Waals surface area contributed by atoms with Crippen LogP contribution in [-0.2, 0) is 9.59 Å². The van der Waals surface area contributed by atoms with Gasteiger partial charge in [-0.25, -0.2) is 9.97 Å². The van der Waals surface area contributed by atoms with Gasteiger partial charge in [0.05, 0.1) is 10.9 Å². The molecule has 1 aromatic heterocycles. The zero-order valence-electron chi connectivity index (χ0n) is 14.8. The van der Waals surface area contributed by atoms with Crippen LogP contribution in [0.1, 0.15) is 24.3 Å². The number of carbonyl (C=O) groups is 2. The Balaban J connectivity index is 1.59. The molecular formula is C21H16ClN3O3. The number of nitrogens with one attached hydrogen (secondary N) is 1. The highest BCUT2D eigenvalue weighted by Crippen LogP contribution is 2.37. The molecule has 7 heteroatoms. The Kier molecular flexibility index (Phi) is 5.04. The van der Waals surface area contributed by atoms with Crippen molar-refractivity contribution in [1.82, 2.24) is 15.3 Å². The second-order valence-electron chi connectivity index (χ2n) is 6.37. The number of hydrogen-bond acceptors (Lipinski definition) is 5. The molecule has 0 saturated carbocycles. The third-order valence-corrected chi connectivity index (χ3v) is 4.98. The van der Waals surface area contributed by atoms with Gasteiger partial charge < -0.3 is 4.74 Å². The van der Waals surface area contributed by atoms with Crippen molar-refractivity contribution in [3.05, 3.63) is 71.5 Å². The monoisotopic (exact) mass is 393 g/mol. The van der Waals surface area contributed by atoms with Gasteiger partial charge in [-0.2, -0.15) is 0 Å². The second kappa shape index (κ2) is 7.78. The Hall–Kier alpha value is -3.25. The number of carbonyl (C=O) groups excluding carboxylic acids is 2. The van der Waals surface area contributed by atoms with E-state index < -0.39 is 5.92 Å². The number of rotatable bonds is 4. The van der Waals surface area contributed by atoms with Gasteiger partial charge in [0.15, 0.2) is 0 Å². The van der Waals surface area contributed by atoms with Gasteiger partial charge in [-0.15, -0.1) is 0 Å². The minimum atomic E-state index is -0.428. The van der Waals surface area contributed by atoms with Gasteiger partial charge in [-0.05, 0) is 35.7 Å². The lowest BCUT2D eigenvalue weighted by atomic mass is 9.88. The number of nitrogens with zero attached hydrogens (tertiary/aromatic N) is 2. The van der Waals surface area contributed by atoms with E-state index in [0.717, 1.165) is 16.7 Å². The van der Waals surface area contributed by atoms with Gasteiger partial charge in [0.25, 0.3) is 0 Å². The van der Waals surface area contributed by atoms with Crippen LogP contribution in [0.15, 0.2) is 60.9 Å². The van der Waals surface area contributed by atoms with Crippen LogP contribution >= 0.6 is 11.6 Å². The van der Waals surface area contributed by atoms with Gasteiger partial charge in [-0.1, -0.05) is 41.9 Å². The fraction of sp³-hybridized carbons (Fsp3) is 0.143. The van der Waals surface area contributed by atoms with Crippen LogP contribution in [0.25, 0.3) is 11.1 Å². The average molecular weight is 394 g/mol. The summed E-state index contributed by atoms with van der Waals surface area (Å²) < 4.78 is 5.60. The number of aromatic nitrogens is 2. The van der Waals surface area contributed by atoms with Gasteiger partial charge in [0.1, 0.15) is 5.75 Å². The summed E-state index contributed by atoms with van der Waals surface area (Å²) in [4.78, 5) is 31.7. The number of benzene rings is 2. The van der Waals surface area contributed by atoms with Crippen molar-refractivity contribution in [2.45, 2.75) is 18.8 Å². The summed E-state index contributed by atoms with van der Waals surface area (Å²) >= 11 is 6.63. The number of ether oxygens (including phenoxy) is 1. The Morgan fingerprint density at radius 2 is 1.75 bits per heavy atom. The summed E-state index contributed by atoms with van der Waals surface area (Å²) in [6, 6.07) is 15.0. The summed E-state index contributed by atoms with van der Waals surface area (Å²) in [6.45, 7) is 0. The highest BCUT2D eigenvalue weighted by molar-refractivity contribution is 6.34. The lowest BCUT2D eigenvalue weighted by Gasteiger charge is -2.23. The number of piperidine rings is 1. The molecule has 1 aliphatic rings. The number of imide groups is 1. The molecule has 1 aliphatic heterocycles. The molecule has 28 heavy (non-hydrogen) atoms. The summed E-state index contributed by atoms with van der Waals surface area (Å²) in [6.07, 6.45) is 3.98. The van der Waals surface area contributed by atoms with E-state index in [1.165, 1.54) is 0 Å². The zero-order chi connectivity index (χ0) is 19.5. The van der Waals surface area contributed by atoms with E-state index in [1.54, 1.807) is 30.6 Å². The first-order chi connectivity index (χ1) is 13.6. The quantitative estimate of drug-likeness (QED) is 0.674. The lowest BCUT2D eigenvalue weighted by molar-refractivity contribution is -0.134. The van der Waals surface area contributed by atoms with E-state index in [4.69, 9.17) is 16.3 Å². The van der Waals surface area contributed by atoms with Gasteiger partial charge >= 0.3 is 6.01 Å². The lowest BCUT2D eigenvalue weighted by Crippen LogP contribution is -2.39. The SMILES string of the molecule is O=C1CCC(c2cccc(-c3ccc(Oc4ncccn4)cc3)c2Cl)C(=O)N1. The van der Waals surface area contributed by atoms with Crippen molar-refractivity contribution in [3.63, 3.8) is 0 Å². The molecular weight excluding hydrogens is 378 g/mol. The van der Waals surface area contributed by atoms with Crippen molar-refractivity contribution in [2.24, 2.45) is 0 Å². The molecule has 2 heterocycles. The van der Waals surface area contributed by atoms with Crippen LogP contribution in [0.5, 0.6) is 11.8 Å². The molecule has 2 aromatic carbocycles. The van der Waals surface area contributed by atoms with Crippen molar-refractivity contribution in [2.75, 3.05) is 0 Å². The van der Waals surface area contributed by atoms with Crippen LogP contribution < -0.4 is 10.1 Å². The maximum atomic E-state index is 12.2. The molecule has 0 bridgehead atoms. The normalized spacial score (nSPS) is 16.5. The average Bonchev–Trinajstić information content (AvgIpc) is 2.70. The molecule has 0 aliphatic carbocycles. The van der Waals surface area contributed by atoms with E-state index in [2.05, 4.69) is 15.3 Å². The molecule has 1 unspecified atom stereocenters. The van der Waals surface area contributed by atoms with E-state index in [9.17, 15) is 9.59 Å². The smallest absolute Gasteiger partial charge is 0.321 e. The fourth-order valence-electron chi connectivity index (χ4n) is 3.18. The highest BCUT2D eigenvalue weighted by atomic mass is 35.5. The summed E-state index contributed by atoms with van der Waals surface area (Å²) in [5, 5.41) is 2.89. The van der Waals surface area contributed by atoms with Crippen LogP contribution in [-0.4, -0.2) is 21.8 Å². The number of halogens is 1. The first-order valence-electron chi connectivity index (χ1n) is 8.79. The fourth-order valence-corrected chi connectivity index (χ4v) is 3.55. The topological polar surface area (TPSA) is 81.2 Å². The maximum absolute atomic E-state index is 12.2. The first-order valence-corrected chi connectivity index (χ1v) is 9.17. The van der Waals surface area contributed by atoms with Crippen molar-refractivity contribution >= 4 is 23.4 Å². The van der Waals surface area contributed by atoms with Gasteiger partial charge in [0.2, 0.25) is 11.8 Å². The minimum Gasteiger partial charge on any atom is -0.424 e. The number of amides is 2. The Bertz CT molecular complexity index is 1020. The Morgan fingerprint density at radius 3 is 2.46 bits per heavy atom. The van der Waals surface area contributed by atoms with Gasteiger partial charge in [0, 0.05) is 24.4 Å². The largest absolute Gasteiger partial charge is 0.424 e. The molecule has 6 nitrogen and oxygen atoms in total. The summed E-state index contributed by atoms with van der Waals surface area (Å²) in [7, 11) is 0. The van der Waals surface area contributed by atoms with E-state index in [-0.39, 0.29) is 17.8 Å². The molecule has 1 atom stereocenters. The molecule has 0 spiro atoms. The second-order valence-corrected chi connectivity index (χ2v) is 6.75. The van der Waals surface area contributed by atoms with E-state index >= 15 is 0 Å². The molecule has 2 amide bonds. The molecule has 1 saturated heterocycles. The van der Waals surface area contributed by atoms with Crippen molar-refractivity contribution in [1.29, 1.82) is 0 Å². The van der Waals surface area contributed by atoms with E-state index in [0.29, 0.717) is 23.6 Å². The summed E-state index contributed by atoms with van der Waals surface area (Å²) in [5.74, 6) is -0.371. The Morgan fingerprint density at radius 1 is 1.00 bits per heavy atom. The molecule has 1 fully saturated rings. The summed E-state index contributed by atoms with van der Waals surface area (Å²) in [5.41, 5.74) is 2.43. The van der Waals surface area contributed by atoms with Crippen LogP contribution in [0, 0.1) is 0 Å². The van der Waals surface area contributed by atoms with Crippen molar-refractivity contribution < 1.29 is 14.3 Å². The van der Waals surface area contributed by atoms with Crippen LogP contribution in [0.3, 0.4) is 0 Å². The first kappa shape index (κ1) is 18.1. The van der Waals surface area contributed by atoms with E-state index in [1.807, 2.05) is 30.3 Å². The third kappa shape index (κ3) is 3.73. The molecule has 0 radical (unpaired) electrons. The number of hydrogen-bond donors (Lipinski definition) is 1. The molecule has 3 aromatic rings. The minimum absolute atomic E-state index is 0.244. The highest BCUT2D eigenvalue weighted by Gasteiger charge is 2.30. The Labute approximate surface area is 166 Å². The van der Waals surface area contributed by atoms with Gasteiger partial charge in [-0.3, -0.25) is 14.9 Å². The molecule has 4 rings (SSSR count). The van der Waals surface area contributed by atoms with Crippen LogP contribution in [0.4, 0.5) is 0 Å². The predicted octanol–water partition coefficient (Wildman–Crippen LogP) is 4.11. The van der Waals surface area contributed by atoms with Crippen molar-refractivity contribution in [3.8, 4) is 22.9 Å². The molecule has 1 N–H and O–H groups in total. The van der Waals surface area contributed by atoms with Crippen LogP contribution in [0.2, 0.25) is 5.02 Å². The zero-order valence-corrected chi connectivity index (χ0v) is 15.5. The molecule has 140 valence electrons. The third-order valence-electron chi connectivity index (χ3n) is 4.56. The standard InChI is InChI=1S/C21H16ClN3O3/c22-19-15(3-1-4-16(19)17-9-10-18(26)25-20(17)27)13-5-7-14(8-6-13)28-21-23-11-2-12-24-21/h1-8,11-12,17H,9-10H2,(H,25,26,27). The predicted molar refractivity (Wildman–Crippen MR) is 104 cm³/mol. The maximum Gasteiger partial charge on any atom is 0.321 e.